The summed E-state index contributed by atoms with van der Waals surface area (Å²) in [5, 5.41) is 4.30. The molecular weight excluding hydrogens is 278 g/mol. The zero-order valence-corrected chi connectivity index (χ0v) is 13.8. The quantitative estimate of drug-likeness (QED) is 0.925. The molecule has 2 nitrogen and oxygen atoms in total. The third-order valence-electron chi connectivity index (χ3n) is 5.10. The number of fused-ring (bicyclic) bond motifs is 1. The number of aryl methyl sites for hydroxylation is 1. The minimum Gasteiger partial charge on any atom is -0.311 e. The minimum absolute atomic E-state index is 0.428. The van der Waals surface area contributed by atoms with E-state index in [1.807, 2.05) is 6.92 Å². The number of benzene rings is 1. The van der Waals surface area contributed by atoms with Crippen molar-refractivity contribution < 1.29 is 4.21 Å². The summed E-state index contributed by atoms with van der Waals surface area (Å²) in [5.41, 5.74) is 3.05. The SMILES string of the molecule is CC[S@](=O)[C@@H]1CCC[C@@H](N[C@H]2CCc3ccccc3C2)C1. The van der Waals surface area contributed by atoms with E-state index in [1.165, 1.54) is 36.8 Å². The van der Waals surface area contributed by atoms with Gasteiger partial charge in [-0.1, -0.05) is 37.6 Å². The maximum absolute atomic E-state index is 12.1. The Morgan fingerprint density at radius 2 is 1.95 bits per heavy atom. The first kappa shape index (κ1) is 15.2. The third-order valence-corrected chi connectivity index (χ3v) is 6.84. The van der Waals surface area contributed by atoms with Gasteiger partial charge in [-0.05, 0) is 49.7 Å². The molecule has 1 aromatic rings. The molecule has 2 aliphatic rings. The van der Waals surface area contributed by atoms with Crippen LogP contribution in [0.3, 0.4) is 0 Å². The van der Waals surface area contributed by atoms with E-state index < -0.39 is 10.8 Å². The molecule has 2 aliphatic carbocycles. The number of hydrogen-bond acceptors (Lipinski definition) is 2. The van der Waals surface area contributed by atoms with Crippen LogP contribution in [0.15, 0.2) is 24.3 Å². The highest BCUT2D eigenvalue weighted by atomic mass is 32.2. The smallest absolute Gasteiger partial charge is 0.0362 e. The average molecular weight is 305 g/mol. The van der Waals surface area contributed by atoms with Crippen LogP contribution in [0.4, 0.5) is 0 Å². The molecule has 0 heterocycles. The molecular formula is C18H27NOS. The number of rotatable bonds is 4. The van der Waals surface area contributed by atoms with Gasteiger partial charge in [0.15, 0.2) is 0 Å². The third kappa shape index (κ3) is 3.75. The Hall–Kier alpha value is -0.670. The van der Waals surface area contributed by atoms with E-state index in [2.05, 4.69) is 29.6 Å². The Kier molecular flexibility index (Phi) is 5.12. The number of nitrogens with one attached hydrogen (secondary N) is 1. The summed E-state index contributed by atoms with van der Waals surface area (Å²) in [7, 11) is -0.617. The summed E-state index contributed by atoms with van der Waals surface area (Å²) < 4.78 is 12.1. The Morgan fingerprint density at radius 1 is 1.14 bits per heavy atom. The van der Waals surface area contributed by atoms with Gasteiger partial charge >= 0.3 is 0 Å². The summed E-state index contributed by atoms with van der Waals surface area (Å²) in [6, 6.07) is 10.0. The highest BCUT2D eigenvalue weighted by Gasteiger charge is 2.28. The fraction of sp³-hybridized carbons (Fsp3) is 0.667. The normalized spacial score (nSPS) is 30.6. The van der Waals surface area contributed by atoms with Gasteiger partial charge in [-0.25, -0.2) is 0 Å². The standard InChI is InChI=1S/C18H27NOS/c1-2-21(20)18-9-5-8-16(13-18)19-17-11-10-14-6-3-4-7-15(14)12-17/h3-4,6-7,16-19H,2,5,8-13H2,1H3/t16-,17+,18-,21+/m1/s1. The lowest BCUT2D eigenvalue weighted by Crippen LogP contribution is -2.45. The Bertz CT molecular complexity index is 502. The van der Waals surface area contributed by atoms with Gasteiger partial charge in [0.1, 0.15) is 0 Å². The van der Waals surface area contributed by atoms with E-state index in [9.17, 15) is 4.21 Å². The van der Waals surface area contributed by atoms with Crippen LogP contribution in [-0.2, 0) is 23.6 Å². The van der Waals surface area contributed by atoms with Gasteiger partial charge in [-0.15, -0.1) is 0 Å². The van der Waals surface area contributed by atoms with E-state index in [0.717, 1.165) is 25.0 Å². The van der Waals surface area contributed by atoms with Crippen molar-refractivity contribution in [2.45, 2.75) is 69.2 Å². The van der Waals surface area contributed by atoms with Crippen LogP contribution in [0.5, 0.6) is 0 Å². The van der Waals surface area contributed by atoms with Crippen LogP contribution in [0.25, 0.3) is 0 Å². The van der Waals surface area contributed by atoms with Crippen LogP contribution >= 0.6 is 0 Å². The monoisotopic (exact) mass is 305 g/mol. The van der Waals surface area contributed by atoms with Crippen molar-refractivity contribution in [1.29, 1.82) is 0 Å². The average Bonchev–Trinajstić information content (AvgIpc) is 2.54. The minimum atomic E-state index is -0.617. The molecule has 1 aromatic carbocycles. The van der Waals surface area contributed by atoms with Crippen LogP contribution < -0.4 is 5.32 Å². The molecule has 4 atom stereocenters. The van der Waals surface area contributed by atoms with Gasteiger partial charge in [0.2, 0.25) is 0 Å². The van der Waals surface area contributed by atoms with Gasteiger partial charge < -0.3 is 5.32 Å². The van der Waals surface area contributed by atoms with Crippen molar-refractivity contribution in [2.75, 3.05) is 5.75 Å². The topological polar surface area (TPSA) is 29.1 Å². The summed E-state index contributed by atoms with van der Waals surface area (Å²) >= 11 is 0. The van der Waals surface area contributed by atoms with Gasteiger partial charge in [-0.3, -0.25) is 4.21 Å². The molecule has 116 valence electrons. The molecule has 1 saturated carbocycles. The fourth-order valence-electron chi connectivity index (χ4n) is 3.94. The van der Waals surface area contributed by atoms with Crippen molar-refractivity contribution in [3.05, 3.63) is 35.4 Å². The van der Waals surface area contributed by atoms with Crippen LogP contribution in [0, 0.1) is 0 Å². The van der Waals surface area contributed by atoms with Gasteiger partial charge in [0.25, 0.3) is 0 Å². The van der Waals surface area contributed by atoms with E-state index in [4.69, 9.17) is 0 Å². The molecule has 0 bridgehead atoms. The van der Waals surface area contributed by atoms with E-state index >= 15 is 0 Å². The van der Waals surface area contributed by atoms with E-state index in [1.54, 1.807) is 0 Å². The molecule has 0 unspecified atom stereocenters. The summed E-state index contributed by atoms with van der Waals surface area (Å²) in [6.07, 6.45) is 8.37. The molecule has 3 heteroatoms. The molecule has 1 fully saturated rings. The molecule has 3 rings (SSSR count). The Morgan fingerprint density at radius 3 is 2.76 bits per heavy atom. The second-order valence-electron chi connectivity index (χ2n) is 6.53. The molecule has 0 radical (unpaired) electrons. The summed E-state index contributed by atoms with van der Waals surface area (Å²) in [4.78, 5) is 0. The largest absolute Gasteiger partial charge is 0.311 e. The van der Waals surface area contributed by atoms with Gasteiger partial charge in [0, 0.05) is 33.9 Å². The van der Waals surface area contributed by atoms with Crippen LogP contribution in [0.2, 0.25) is 0 Å². The second-order valence-corrected chi connectivity index (χ2v) is 8.54. The van der Waals surface area contributed by atoms with Crippen molar-refractivity contribution >= 4 is 10.8 Å². The van der Waals surface area contributed by atoms with Gasteiger partial charge in [-0.2, -0.15) is 0 Å². The first-order valence-electron chi connectivity index (χ1n) is 8.46. The lowest BCUT2D eigenvalue weighted by molar-refractivity contribution is 0.323. The van der Waals surface area contributed by atoms with Crippen molar-refractivity contribution in [3.8, 4) is 0 Å². The molecule has 0 amide bonds. The Balaban J connectivity index is 1.56. The zero-order chi connectivity index (χ0) is 14.7. The molecule has 0 saturated heterocycles. The first-order valence-corrected chi connectivity index (χ1v) is 9.84. The maximum atomic E-state index is 12.1. The Labute approximate surface area is 131 Å². The molecule has 1 N–H and O–H groups in total. The zero-order valence-electron chi connectivity index (χ0n) is 13.0. The summed E-state index contributed by atoms with van der Waals surface area (Å²) in [6.45, 7) is 2.05. The lowest BCUT2D eigenvalue weighted by Gasteiger charge is -2.34. The number of hydrogen-bond donors (Lipinski definition) is 1. The molecule has 0 spiro atoms. The fourth-order valence-corrected chi connectivity index (χ4v) is 5.29. The van der Waals surface area contributed by atoms with Crippen molar-refractivity contribution in [3.63, 3.8) is 0 Å². The van der Waals surface area contributed by atoms with E-state index in [-0.39, 0.29) is 0 Å². The van der Waals surface area contributed by atoms with E-state index in [0.29, 0.717) is 17.3 Å². The maximum Gasteiger partial charge on any atom is 0.0362 e. The lowest BCUT2D eigenvalue weighted by atomic mass is 9.86. The second kappa shape index (κ2) is 7.06. The molecule has 0 aromatic heterocycles. The highest BCUT2D eigenvalue weighted by molar-refractivity contribution is 7.85. The first-order chi connectivity index (χ1) is 10.3. The highest BCUT2D eigenvalue weighted by Crippen LogP contribution is 2.26. The van der Waals surface area contributed by atoms with Crippen LogP contribution in [0.1, 0.15) is 50.2 Å². The van der Waals surface area contributed by atoms with Crippen molar-refractivity contribution in [1.82, 2.24) is 5.32 Å². The predicted octanol–water partition coefficient (Wildman–Crippen LogP) is 3.21. The predicted molar refractivity (Wildman–Crippen MR) is 90.1 cm³/mol. The van der Waals surface area contributed by atoms with Crippen molar-refractivity contribution in [2.24, 2.45) is 0 Å². The molecule has 21 heavy (non-hydrogen) atoms. The van der Waals surface area contributed by atoms with Gasteiger partial charge in [0.05, 0.1) is 0 Å². The van der Waals surface area contributed by atoms with Crippen LogP contribution in [-0.4, -0.2) is 27.3 Å². The molecule has 0 aliphatic heterocycles. The summed E-state index contributed by atoms with van der Waals surface area (Å²) in [5.74, 6) is 0.814.